The molecule has 50 valence electrons. The summed E-state index contributed by atoms with van der Waals surface area (Å²) in [5.41, 5.74) is 0. The van der Waals surface area contributed by atoms with E-state index in [0.29, 0.717) is 6.42 Å². The highest BCUT2D eigenvalue weighted by molar-refractivity contribution is 5.84. The summed E-state index contributed by atoms with van der Waals surface area (Å²) in [6.07, 6.45) is 1.76. The van der Waals surface area contributed by atoms with E-state index in [-0.39, 0.29) is 5.78 Å². The lowest BCUT2D eigenvalue weighted by molar-refractivity contribution is -0.119. The maximum atomic E-state index is 10.6. The highest BCUT2D eigenvalue weighted by Gasteiger charge is 2.06. The van der Waals surface area contributed by atoms with E-state index in [2.05, 4.69) is 4.99 Å². The van der Waals surface area contributed by atoms with Crippen LogP contribution in [0.15, 0.2) is 4.99 Å². The lowest BCUT2D eigenvalue weighted by Gasteiger charge is -1.96. The van der Waals surface area contributed by atoms with Gasteiger partial charge in [0.25, 0.3) is 0 Å². The second kappa shape index (κ2) is 3.98. The van der Waals surface area contributed by atoms with E-state index in [0.717, 1.165) is 0 Å². The van der Waals surface area contributed by atoms with Gasteiger partial charge in [0.2, 0.25) is 6.08 Å². The summed E-state index contributed by atoms with van der Waals surface area (Å²) in [6.45, 7) is 3.32. The van der Waals surface area contributed by atoms with Crippen LogP contribution in [0.25, 0.3) is 0 Å². The van der Waals surface area contributed by atoms with Gasteiger partial charge < -0.3 is 0 Å². The first-order valence-electron chi connectivity index (χ1n) is 2.82. The number of nitrogens with zero attached hydrogens (tertiary/aromatic N) is 1. The van der Waals surface area contributed by atoms with Gasteiger partial charge in [-0.1, -0.05) is 6.92 Å². The lowest BCUT2D eigenvalue weighted by atomic mass is 10.2. The molecule has 3 heteroatoms. The molecule has 0 aromatic carbocycles. The number of rotatable bonds is 3. The number of isocyanates is 1. The van der Waals surface area contributed by atoms with Gasteiger partial charge in [-0.05, 0) is 6.92 Å². The molecule has 0 bridgehead atoms. The zero-order valence-electron chi connectivity index (χ0n) is 5.55. The minimum Gasteiger partial charge on any atom is -0.297 e. The summed E-state index contributed by atoms with van der Waals surface area (Å²) in [5.74, 6) is -0.0293. The molecule has 0 radical (unpaired) electrons. The predicted octanol–water partition coefficient (Wildman–Crippen LogP) is 0.690. The highest BCUT2D eigenvalue weighted by atomic mass is 16.1. The topological polar surface area (TPSA) is 46.5 Å². The van der Waals surface area contributed by atoms with Crippen molar-refractivity contribution >= 4 is 11.9 Å². The van der Waals surface area contributed by atoms with Crippen LogP contribution in [0.5, 0.6) is 0 Å². The van der Waals surface area contributed by atoms with Crippen LogP contribution in [0.4, 0.5) is 0 Å². The maximum Gasteiger partial charge on any atom is 0.235 e. The zero-order chi connectivity index (χ0) is 7.28. The first-order valence-corrected chi connectivity index (χ1v) is 2.82. The maximum absolute atomic E-state index is 10.6. The standard InChI is InChI=1S/C6H9NO2/c1-3-6(9)5(2)7-4-8/h5H,3H2,1-2H3. The first kappa shape index (κ1) is 8.05. The molecule has 0 rings (SSSR count). The van der Waals surface area contributed by atoms with Gasteiger partial charge in [-0.15, -0.1) is 0 Å². The molecule has 0 saturated carbocycles. The second-order valence-electron chi connectivity index (χ2n) is 1.72. The smallest absolute Gasteiger partial charge is 0.235 e. The van der Waals surface area contributed by atoms with Crippen molar-refractivity contribution in [3.8, 4) is 0 Å². The van der Waals surface area contributed by atoms with Crippen molar-refractivity contribution in [2.75, 3.05) is 0 Å². The fourth-order valence-electron chi connectivity index (χ4n) is 0.446. The Kier molecular flexibility index (Phi) is 3.56. The van der Waals surface area contributed by atoms with E-state index < -0.39 is 6.04 Å². The van der Waals surface area contributed by atoms with Gasteiger partial charge in [0.1, 0.15) is 6.04 Å². The van der Waals surface area contributed by atoms with Crippen LogP contribution in [-0.2, 0) is 9.59 Å². The Labute approximate surface area is 53.8 Å². The van der Waals surface area contributed by atoms with E-state index in [1.165, 1.54) is 6.08 Å². The van der Waals surface area contributed by atoms with Gasteiger partial charge in [-0.2, -0.15) is 4.99 Å². The Bertz CT molecular complexity index is 147. The Hall–Kier alpha value is -0.950. The van der Waals surface area contributed by atoms with E-state index in [4.69, 9.17) is 0 Å². The summed E-state index contributed by atoms with van der Waals surface area (Å²) < 4.78 is 0. The predicted molar refractivity (Wildman–Crippen MR) is 32.9 cm³/mol. The molecule has 0 aliphatic rings. The molecular formula is C6H9NO2. The molecule has 0 amide bonds. The third kappa shape index (κ3) is 2.77. The fraction of sp³-hybridized carbons (Fsp3) is 0.667. The average molecular weight is 127 g/mol. The molecule has 1 atom stereocenters. The van der Waals surface area contributed by atoms with Gasteiger partial charge >= 0.3 is 0 Å². The molecule has 0 N–H and O–H groups in total. The van der Waals surface area contributed by atoms with E-state index in [1.807, 2.05) is 0 Å². The molecule has 9 heavy (non-hydrogen) atoms. The molecule has 0 saturated heterocycles. The third-order valence-electron chi connectivity index (χ3n) is 1.06. The fourth-order valence-corrected chi connectivity index (χ4v) is 0.446. The Morgan fingerprint density at radius 1 is 1.78 bits per heavy atom. The second-order valence-corrected chi connectivity index (χ2v) is 1.72. The largest absolute Gasteiger partial charge is 0.297 e. The Morgan fingerprint density at radius 2 is 2.33 bits per heavy atom. The minimum atomic E-state index is -0.507. The molecule has 0 fully saturated rings. The van der Waals surface area contributed by atoms with Crippen LogP contribution in [0.3, 0.4) is 0 Å². The van der Waals surface area contributed by atoms with Gasteiger partial charge in [-0.3, -0.25) is 4.79 Å². The molecule has 0 aromatic heterocycles. The number of aliphatic imine (C=N–C) groups is 1. The zero-order valence-corrected chi connectivity index (χ0v) is 5.55. The number of ketones is 1. The van der Waals surface area contributed by atoms with Crippen molar-refractivity contribution in [1.82, 2.24) is 0 Å². The van der Waals surface area contributed by atoms with E-state index >= 15 is 0 Å². The molecule has 0 aliphatic heterocycles. The van der Waals surface area contributed by atoms with Crippen LogP contribution in [0, 0.1) is 0 Å². The van der Waals surface area contributed by atoms with Crippen LogP contribution < -0.4 is 0 Å². The van der Waals surface area contributed by atoms with Crippen LogP contribution in [0.1, 0.15) is 20.3 Å². The number of hydrogen-bond donors (Lipinski definition) is 0. The normalized spacial score (nSPS) is 11.8. The molecule has 0 aliphatic carbocycles. The number of Topliss-reactive ketones (excluding diaryl/α,β-unsaturated/α-hetero) is 1. The number of hydrogen-bond acceptors (Lipinski definition) is 3. The molecule has 0 heterocycles. The van der Waals surface area contributed by atoms with E-state index in [1.54, 1.807) is 13.8 Å². The minimum absolute atomic E-state index is 0.0293. The summed E-state index contributed by atoms with van der Waals surface area (Å²) in [6, 6.07) is -0.507. The molecule has 0 spiro atoms. The van der Waals surface area contributed by atoms with Crippen molar-refractivity contribution in [2.24, 2.45) is 4.99 Å². The van der Waals surface area contributed by atoms with Crippen molar-refractivity contribution in [2.45, 2.75) is 26.3 Å². The Morgan fingerprint density at radius 3 is 2.67 bits per heavy atom. The van der Waals surface area contributed by atoms with Gasteiger partial charge in [0.05, 0.1) is 0 Å². The quantitative estimate of drug-likeness (QED) is 0.413. The molecular weight excluding hydrogens is 118 g/mol. The van der Waals surface area contributed by atoms with Crippen molar-refractivity contribution < 1.29 is 9.59 Å². The summed E-state index contributed by atoms with van der Waals surface area (Å²) in [5, 5.41) is 0. The SMILES string of the molecule is CCC(=O)C(C)N=C=O. The number of carbonyl (C=O) groups excluding carboxylic acids is 2. The summed E-state index contributed by atoms with van der Waals surface area (Å²) in [4.78, 5) is 23.5. The molecule has 1 unspecified atom stereocenters. The van der Waals surface area contributed by atoms with Crippen molar-refractivity contribution in [1.29, 1.82) is 0 Å². The lowest BCUT2D eigenvalue weighted by Crippen LogP contribution is -2.12. The summed E-state index contributed by atoms with van der Waals surface area (Å²) >= 11 is 0. The van der Waals surface area contributed by atoms with E-state index in [9.17, 15) is 9.59 Å². The van der Waals surface area contributed by atoms with Gasteiger partial charge in [0.15, 0.2) is 5.78 Å². The van der Waals surface area contributed by atoms with Crippen molar-refractivity contribution in [3.63, 3.8) is 0 Å². The van der Waals surface area contributed by atoms with Crippen LogP contribution >= 0.6 is 0 Å². The highest BCUT2D eigenvalue weighted by Crippen LogP contribution is 1.92. The monoisotopic (exact) mass is 127 g/mol. The first-order chi connectivity index (χ1) is 4.22. The summed E-state index contributed by atoms with van der Waals surface area (Å²) in [7, 11) is 0. The average Bonchev–Trinajstić information content (AvgIpc) is 1.87. The van der Waals surface area contributed by atoms with Crippen molar-refractivity contribution in [3.05, 3.63) is 0 Å². The molecule has 0 aromatic rings. The van der Waals surface area contributed by atoms with Gasteiger partial charge in [-0.25, -0.2) is 4.79 Å². The van der Waals surface area contributed by atoms with Crippen LogP contribution in [-0.4, -0.2) is 17.9 Å². The van der Waals surface area contributed by atoms with Crippen LogP contribution in [0.2, 0.25) is 0 Å². The molecule has 3 nitrogen and oxygen atoms in total. The number of carbonyl (C=O) groups is 1. The Balaban J connectivity index is 3.87. The van der Waals surface area contributed by atoms with Gasteiger partial charge in [0, 0.05) is 6.42 Å². The third-order valence-corrected chi connectivity index (χ3v) is 1.06.